The molecule has 1 heterocycles. The second kappa shape index (κ2) is 3.76. The van der Waals surface area contributed by atoms with E-state index in [-0.39, 0.29) is 6.42 Å². The molecule has 1 aliphatic heterocycles. The van der Waals surface area contributed by atoms with E-state index in [9.17, 15) is 4.79 Å². The van der Waals surface area contributed by atoms with E-state index >= 15 is 0 Å². The summed E-state index contributed by atoms with van der Waals surface area (Å²) < 4.78 is 10.7. The van der Waals surface area contributed by atoms with Gasteiger partial charge in [-0.25, -0.2) is 0 Å². The van der Waals surface area contributed by atoms with Crippen molar-refractivity contribution < 1.29 is 19.4 Å². The molecule has 0 atom stereocenters. The van der Waals surface area contributed by atoms with Crippen LogP contribution in [-0.2, 0) is 14.3 Å². The number of carbonyl (C=O) groups is 1. The zero-order chi connectivity index (χ0) is 10.9. The molecule has 0 radical (unpaired) electrons. The lowest BCUT2D eigenvalue weighted by molar-refractivity contribution is -0.190. The number of hydrogen-bond donors (Lipinski definition) is 1. The topological polar surface area (TPSA) is 55.8 Å². The number of carboxylic acid groups (broad SMARTS) is 1. The van der Waals surface area contributed by atoms with Crippen LogP contribution in [0.2, 0.25) is 0 Å². The first-order valence-electron chi connectivity index (χ1n) is 5.45. The monoisotopic (exact) mass is 214 g/mol. The van der Waals surface area contributed by atoms with Gasteiger partial charge in [0.05, 0.1) is 12.0 Å². The van der Waals surface area contributed by atoms with Gasteiger partial charge in [-0.1, -0.05) is 0 Å². The van der Waals surface area contributed by atoms with E-state index in [0.717, 1.165) is 38.9 Å². The highest BCUT2D eigenvalue weighted by atomic mass is 16.5. The Bertz CT molecular complexity index is 247. The molecular weight excluding hydrogens is 196 g/mol. The van der Waals surface area contributed by atoms with Gasteiger partial charge < -0.3 is 14.6 Å². The van der Waals surface area contributed by atoms with Gasteiger partial charge in [0.15, 0.2) is 0 Å². The first-order valence-corrected chi connectivity index (χ1v) is 5.45. The molecule has 1 saturated carbocycles. The minimum atomic E-state index is -0.765. The van der Waals surface area contributed by atoms with Crippen molar-refractivity contribution in [3.05, 3.63) is 0 Å². The smallest absolute Gasteiger partial charge is 0.306 e. The highest BCUT2D eigenvalue weighted by Crippen LogP contribution is 2.57. The summed E-state index contributed by atoms with van der Waals surface area (Å²) in [7, 11) is 1.62. The van der Waals surface area contributed by atoms with Crippen molar-refractivity contribution in [1.82, 2.24) is 0 Å². The van der Waals surface area contributed by atoms with Crippen molar-refractivity contribution in [1.29, 1.82) is 0 Å². The molecule has 0 bridgehead atoms. The van der Waals surface area contributed by atoms with Gasteiger partial charge in [-0.3, -0.25) is 4.79 Å². The molecule has 2 rings (SSSR count). The molecule has 2 fully saturated rings. The molecule has 0 amide bonds. The van der Waals surface area contributed by atoms with Crippen molar-refractivity contribution in [2.75, 3.05) is 20.3 Å². The number of methoxy groups -OCH3 is 1. The van der Waals surface area contributed by atoms with Crippen LogP contribution in [0.25, 0.3) is 0 Å². The van der Waals surface area contributed by atoms with Crippen LogP contribution in [0.15, 0.2) is 0 Å². The predicted molar refractivity (Wildman–Crippen MR) is 53.7 cm³/mol. The van der Waals surface area contributed by atoms with Crippen molar-refractivity contribution in [2.45, 2.75) is 37.7 Å². The molecule has 15 heavy (non-hydrogen) atoms. The van der Waals surface area contributed by atoms with Crippen LogP contribution >= 0.6 is 0 Å². The Morgan fingerprint density at radius 1 is 1.40 bits per heavy atom. The molecule has 1 spiro atoms. The van der Waals surface area contributed by atoms with Crippen LogP contribution in [0.5, 0.6) is 0 Å². The van der Waals surface area contributed by atoms with Gasteiger partial charge in [-0.05, 0) is 31.1 Å². The Morgan fingerprint density at radius 2 is 2.00 bits per heavy atom. The first kappa shape index (κ1) is 10.9. The molecule has 0 unspecified atom stereocenters. The highest BCUT2D eigenvalue weighted by molar-refractivity contribution is 5.68. The maximum absolute atomic E-state index is 10.7. The van der Waals surface area contributed by atoms with E-state index in [1.807, 2.05) is 0 Å². The Kier molecular flexibility index (Phi) is 2.73. The van der Waals surface area contributed by atoms with E-state index in [2.05, 4.69) is 0 Å². The second-order valence-corrected chi connectivity index (χ2v) is 4.92. The summed E-state index contributed by atoms with van der Waals surface area (Å²) in [6.45, 7) is 1.62. The lowest BCUT2D eigenvalue weighted by Crippen LogP contribution is -2.56. The van der Waals surface area contributed by atoms with Crippen LogP contribution in [0.1, 0.15) is 32.1 Å². The molecule has 1 aliphatic carbocycles. The van der Waals surface area contributed by atoms with Gasteiger partial charge in [-0.15, -0.1) is 0 Å². The fourth-order valence-corrected chi connectivity index (χ4v) is 3.09. The average molecular weight is 214 g/mol. The van der Waals surface area contributed by atoms with Crippen LogP contribution in [-0.4, -0.2) is 37.0 Å². The quantitative estimate of drug-likeness (QED) is 0.772. The zero-order valence-corrected chi connectivity index (χ0v) is 9.12. The number of rotatable bonds is 3. The van der Waals surface area contributed by atoms with Crippen LogP contribution < -0.4 is 0 Å². The Hall–Kier alpha value is -0.610. The first-order chi connectivity index (χ1) is 7.10. The normalized spacial score (nSPS) is 27.3. The van der Waals surface area contributed by atoms with Crippen molar-refractivity contribution in [3.8, 4) is 0 Å². The number of aliphatic carboxylic acids is 1. The fraction of sp³-hybridized carbons (Fsp3) is 0.909. The van der Waals surface area contributed by atoms with Crippen LogP contribution in [0.3, 0.4) is 0 Å². The summed E-state index contributed by atoms with van der Waals surface area (Å²) in [5.41, 5.74) is -0.0904. The zero-order valence-electron chi connectivity index (χ0n) is 9.12. The molecule has 2 aliphatic rings. The van der Waals surface area contributed by atoms with Gasteiger partial charge in [0.25, 0.3) is 0 Å². The maximum atomic E-state index is 10.7. The molecule has 4 nitrogen and oxygen atoms in total. The Balaban J connectivity index is 1.95. The number of carboxylic acids is 1. The third kappa shape index (κ3) is 2.01. The molecule has 0 aromatic carbocycles. The molecule has 86 valence electrons. The van der Waals surface area contributed by atoms with E-state index in [1.54, 1.807) is 7.11 Å². The highest BCUT2D eigenvalue weighted by Gasteiger charge is 2.55. The maximum Gasteiger partial charge on any atom is 0.306 e. The van der Waals surface area contributed by atoms with E-state index in [4.69, 9.17) is 14.6 Å². The van der Waals surface area contributed by atoms with E-state index in [0.29, 0.717) is 5.41 Å². The second-order valence-electron chi connectivity index (χ2n) is 4.92. The SMILES string of the molecule is COC1(CC(=O)O)CC2(CCOCC2)C1. The third-order valence-electron chi connectivity index (χ3n) is 3.85. The van der Waals surface area contributed by atoms with Gasteiger partial charge in [-0.2, -0.15) is 0 Å². The van der Waals surface area contributed by atoms with Crippen LogP contribution in [0.4, 0.5) is 0 Å². The van der Waals surface area contributed by atoms with Crippen molar-refractivity contribution in [2.24, 2.45) is 5.41 Å². The fourth-order valence-electron chi connectivity index (χ4n) is 3.09. The standard InChI is InChI=1S/C11H18O4/c1-14-11(6-9(12)13)7-10(8-11)2-4-15-5-3-10/h2-8H2,1H3,(H,12,13). The van der Waals surface area contributed by atoms with E-state index < -0.39 is 11.6 Å². The largest absolute Gasteiger partial charge is 0.481 e. The van der Waals surface area contributed by atoms with Gasteiger partial charge in [0.1, 0.15) is 0 Å². The predicted octanol–water partition coefficient (Wildman–Crippen LogP) is 1.44. The summed E-state index contributed by atoms with van der Waals surface area (Å²) in [5.74, 6) is -0.765. The van der Waals surface area contributed by atoms with Crippen molar-refractivity contribution in [3.63, 3.8) is 0 Å². The average Bonchev–Trinajstić information content (AvgIpc) is 2.15. The summed E-state index contributed by atoms with van der Waals surface area (Å²) >= 11 is 0. The number of hydrogen-bond acceptors (Lipinski definition) is 3. The molecule has 0 aromatic heterocycles. The summed E-state index contributed by atoms with van der Waals surface area (Å²) in [5, 5.41) is 8.83. The van der Waals surface area contributed by atoms with Gasteiger partial charge >= 0.3 is 5.97 Å². The lowest BCUT2D eigenvalue weighted by Gasteiger charge is -2.56. The minimum absolute atomic E-state index is 0.131. The minimum Gasteiger partial charge on any atom is -0.481 e. The molecule has 0 aromatic rings. The summed E-state index contributed by atoms with van der Waals surface area (Å²) in [6.07, 6.45) is 4.00. The third-order valence-corrected chi connectivity index (χ3v) is 3.85. The molecular formula is C11H18O4. The lowest BCUT2D eigenvalue weighted by atomic mass is 9.55. The van der Waals surface area contributed by atoms with Gasteiger partial charge in [0, 0.05) is 20.3 Å². The van der Waals surface area contributed by atoms with Crippen molar-refractivity contribution >= 4 is 5.97 Å². The summed E-state index contributed by atoms with van der Waals surface area (Å²) in [6, 6.07) is 0. The van der Waals surface area contributed by atoms with Gasteiger partial charge in [0.2, 0.25) is 0 Å². The Morgan fingerprint density at radius 3 is 2.47 bits per heavy atom. The van der Waals surface area contributed by atoms with Crippen LogP contribution in [0, 0.1) is 5.41 Å². The molecule has 1 saturated heterocycles. The Labute approximate surface area is 89.6 Å². The van der Waals surface area contributed by atoms with E-state index in [1.165, 1.54) is 0 Å². The molecule has 4 heteroatoms. The summed E-state index contributed by atoms with van der Waals surface area (Å²) in [4.78, 5) is 10.7. The molecule has 1 N–H and O–H groups in total. The number of ether oxygens (including phenoxy) is 2.